The zero-order valence-electron chi connectivity index (χ0n) is 3.89. The standard InChI is InChI=1S/C4H7IN2/c5-4-7-3-1-2-6/h2,4,6H,1,3H2. The second-order valence-corrected chi connectivity index (χ2v) is 1.55. The van der Waals surface area contributed by atoms with E-state index in [1.165, 1.54) is 6.21 Å². The summed E-state index contributed by atoms with van der Waals surface area (Å²) in [5.41, 5.74) is 0. The lowest BCUT2D eigenvalue weighted by molar-refractivity contribution is 1.06. The van der Waals surface area contributed by atoms with Crippen molar-refractivity contribution in [2.24, 2.45) is 4.99 Å². The molecule has 7 heavy (non-hydrogen) atoms. The molecule has 0 heterocycles. The summed E-state index contributed by atoms with van der Waals surface area (Å²) in [6.07, 6.45) is 2.13. The van der Waals surface area contributed by atoms with E-state index in [0.717, 1.165) is 13.0 Å². The first-order valence-corrected chi connectivity index (χ1v) is 3.24. The Morgan fingerprint density at radius 3 is 2.86 bits per heavy atom. The molecule has 1 N–H and O–H groups in total. The second kappa shape index (κ2) is 6.07. The molecule has 0 aromatic heterocycles. The molecule has 0 aliphatic rings. The third-order valence-corrected chi connectivity index (χ3v) is 0.865. The van der Waals surface area contributed by atoms with Gasteiger partial charge in [-0.05, 0) is 28.8 Å². The zero-order chi connectivity index (χ0) is 5.54. The van der Waals surface area contributed by atoms with E-state index in [2.05, 4.69) is 27.6 Å². The van der Waals surface area contributed by atoms with Gasteiger partial charge in [-0.3, -0.25) is 4.99 Å². The molecule has 0 saturated carbocycles. The highest BCUT2D eigenvalue weighted by atomic mass is 127. The minimum atomic E-state index is 0.756. The quantitative estimate of drug-likeness (QED) is 0.416. The van der Waals surface area contributed by atoms with Gasteiger partial charge in [0.25, 0.3) is 0 Å². The van der Waals surface area contributed by atoms with Gasteiger partial charge in [0.2, 0.25) is 0 Å². The van der Waals surface area contributed by atoms with Gasteiger partial charge in [-0.25, -0.2) is 0 Å². The van der Waals surface area contributed by atoms with Crippen molar-refractivity contribution in [1.29, 1.82) is 5.41 Å². The van der Waals surface area contributed by atoms with Crippen molar-refractivity contribution in [3.8, 4) is 0 Å². The normalized spacial score (nSPS) is 9.86. The number of hydrogen-bond acceptors (Lipinski definition) is 2. The average Bonchev–Trinajstić information content (AvgIpc) is 1.69. The number of nitrogens with zero attached hydrogens (tertiary/aromatic N) is 1. The lowest BCUT2D eigenvalue weighted by atomic mass is 10.5. The Hall–Kier alpha value is 0.0700. The predicted molar refractivity (Wildman–Crippen MR) is 40.8 cm³/mol. The summed E-state index contributed by atoms with van der Waals surface area (Å²) in [5, 5.41) is 6.58. The molecule has 0 aromatic rings. The minimum Gasteiger partial charge on any atom is -0.313 e. The van der Waals surface area contributed by atoms with Crippen LogP contribution in [0.1, 0.15) is 6.42 Å². The first-order chi connectivity index (χ1) is 3.41. The van der Waals surface area contributed by atoms with E-state index in [1.807, 2.05) is 0 Å². The van der Waals surface area contributed by atoms with Crippen LogP contribution in [-0.2, 0) is 0 Å². The number of hydrogen-bond donors (Lipinski definition) is 1. The zero-order valence-corrected chi connectivity index (χ0v) is 6.05. The second-order valence-electron chi connectivity index (χ2n) is 0.997. The molecule has 0 aromatic carbocycles. The van der Waals surface area contributed by atoms with Gasteiger partial charge in [-0.2, -0.15) is 0 Å². The minimum absolute atomic E-state index is 0.756. The first kappa shape index (κ1) is 7.07. The summed E-state index contributed by atoms with van der Waals surface area (Å²) >= 11 is 2.06. The molecule has 0 fully saturated rings. The van der Waals surface area contributed by atoms with Crippen LogP contribution < -0.4 is 0 Å². The topological polar surface area (TPSA) is 36.2 Å². The Morgan fingerprint density at radius 1 is 1.71 bits per heavy atom. The number of rotatable bonds is 3. The molecule has 40 valence electrons. The van der Waals surface area contributed by atoms with Crippen LogP contribution in [0.3, 0.4) is 0 Å². The van der Waals surface area contributed by atoms with E-state index in [0.29, 0.717) is 0 Å². The van der Waals surface area contributed by atoms with Gasteiger partial charge in [0.1, 0.15) is 0 Å². The number of nitrogens with one attached hydrogen (secondary N) is 1. The Labute approximate surface area is 56.7 Å². The summed E-state index contributed by atoms with van der Waals surface area (Å²) in [5.74, 6) is 0. The van der Waals surface area contributed by atoms with Crippen LogP contribution in [0.5, 0.6) is 0 Å². The Kier molecular flexibility index (Phi) is 6.13. The fourth-order valence-corrected chi connectivity index (χ4v) is 0.466. The highest BCUT2D eigenvalue weighted by Gasteiger charge is 1.70. The smallest absolute Gasteiger partial charge is 0.0595 e. The Morgan fingerprint density at radius 2 is 2.43 bits per heavy atom. The molecule has 0 rings (SSSR count). The summed E-state index contributed by atoms with van der Waals surface area (Å²) in [6, 6.07) is 0. The van der Waals surface area contributed by atoms with Gasteiger partial charge in [-0.1, -0.05) is 0 Å². The van der Waals surface area contributed by atoms with Crippen molar-refractivity contribution in [3.05, 3.63) is 0 Å². The van der Waals surface area contributed by atoms with Crippen LogP contribution in [0, 0.1) is 5.41 Å². The van der Waals surface area contributed by atoms with Crippen LogP contribution in [-0.4, -0.2) is 17.0 Å². The van der Waals surface area contributed by atoms with E-state index in [4.69, 9.17) is 5.41 Å². The summed E-state index contributed by atoms with van der Waals surface area (Å²) in [4.78, 5) is 3.87. The molecule has 0 radical (unpaired) electrons. The van der Waals surface area contributed by atoms with Crippen molar-refractivity contribution < 1.29 is 0 Å². The van der Waals surface area contributed by atoms with Crippen LogP contribution in [0.15, 0.2) is 4.99 Å². The molecule has 0 aliphatic carbocycles. The van der Waals surface area contributed by atoms with Crippen LogP contribution >= 0.6 is 22.6 Å². The summed E-state index contributed by atoms with van der Waals surface area (Å²) in [6.45, 7) is 0.756. The number of halogens is 1. The largest absolute Gasteiger partial charge is 0.313 e. The van der Waals surface area contributed by atoms with Crippen LogP contribution in [0.2, 0.25) is 0 Å². The molecule has 0 saturated heterocycles. The lowest BCUT2D eigenvalue weighted by Crippen LogP contribution is -1.77. The maximum atomic E-state index is 6.58. The molecular weight excluding hydrogens is 203 g/mol. The maximum Gasteiger partial charge on any atom is 0.0595 e. The predicted octanol–water partition coefficient (Wildman–Crippen LogP) is 1.49. The van der Waals surface area contributed by atoms with Gasteiger partial charge >= 0.3 is 0 Å². The molecule has 2 nitrogen and oxygen atoms in total. The molecule has 0 amide bonds. The van der Waals surface area contributed by atoms with E-state index in [-0.39, 0.29) is 0 Å². The number of aliphatic imine (C=N–C) groups is 1. The van der Waals surface area contributed by atoms with Gasteiger partial charge in [0, 0.05) is 13.0 Å². The SMILES string of the molecule is N=CCCN=CI. The van der Waals surface area contributed by atoms with Gasteiger partial charge in [0.05, 0.1) is 4.22 Å². The van der Waals surface area contributed by atoms with Crippen molar-refractivity contribution in [1.82, 2.24) is 0 Å². The fourth-order valence-electron chi connectivity index (χ4n) is 0.188. The third-order valence-electron chi connectivity index (χ3n) is 0.472. The molecule has 0 unspecified atom stereocenters. The summed E-state index contributed by atoms with van der Waals surface area (Å²) < 4.78 is 1.72. The molecule has 3 heteroatoms. The lowest BCUT2D eigenvalue weighted by Gasteiger charge is -1.78. The Balaban J connectivity index is 2.82. The summed E-state index contributed by atoms with van der Waals surface area (Å²) in [7, 11) is 0. The van der Waals surface area contributed by atoms with Gasteiger partial charge in [-0.15, -0.1) is 0 Å². The fraction of sp³-hybridized carbons (Fsp3) is 0.500. The molecule has 0 bridgehead atoms. The molecule has 0 atom stereocenters. The average molecular weight is 210 g/mol. The maximum absolute atomic E-state index is 6.58. The van der Waals surface area contributed by atoms with E-state index < -0.39 is 0 Å². The Bertz CT molecular complexity index is 70.1. The van der Waals surface area contributed by atoms with Gasteiger partial charge in [0.15, 0.2) is 0 Å². The van der Waals surface area contributed by atoms with Crippen molar-refractivity contribution in [3.63, 3.8) is 0 Å². The third kappa shape index (κ3) is 6.07. The monoisotopic (exact) mass is 210 g/mol. The highest BCUT2D eigenvalue weighted by Crippen LogP contribution is 1.76. The highest BCUT2D eigenvalue weighted by molar-refractivity contribution is 14.1. The van der Waals surface area contributed by atoms with E-state index in [9.17, 15) is 0 Å². The van der Waals surface area contributed by atoms with Crippen molar-refractivity contribution >= 4 is 33.0 Å². The van der Waals surface area contributed by atoms with E-state index >= 15 is 0 Å². The molecule has 0 aliphatic heterocycles. The molecular formula is C4H7IN2. The van der Waals surface area contributed by atoms with Crippen LogP contribution in [0.4, 0.5) is 0 Å². The van der Waals surface area contributed by atoms with Crippen molar-refractivity contribution in [2.75, 3.05) is 6.54 Å². The van der Waals surface area contributed by atoms with E-state index in [1.54, 1.807) is 4.22 Å². The van der Waals surface area contributed by atoms with Crippen LogP contribution in [0.25, 0.3) is 0 Å². The first-order valence-electron chi connectivity index (χ1n) is 1.99. The van der Waals surface area contributed by atoms with Gasteiger partial charge < -0.3 is 5.41 Å². The van der Waals surface area contributed by atoms with Crippen molar-refractivity contribution in [2.45, 2.75) is 6.42 Å². The molecule has 0 spiro atoms.